The Morgan fingerprint density at radius 1 is 0.933 bits per heavy atom. The van der Waals surface area contributed by atoms with Crippen LogP contribution < -0.4 is 25.1 Å². The molecule has 0 atom stereocenters. The number of hydrogen-bond donors (Lipinski definition) is 2. The molecule has 156 valence electrons. The molecule has 1 heterocycles. The molecule has 30 heavy (non-hydrogen) atoms. The van der Waals surface area contributed by atoms with Crippen LogP contribution in [0.1, 0.15) is 11.1 Å². The molecule has 0 spiro atoms. The SMILES string of the molecule is COc1ccc(/C=N/Nc2nc(NCc3ccccc3)nc(N(C)C)n2)cc1OC. The van der Waals surface area contributed by atoms with Crippen molar-refractivity contribution >= 4 is 24.1 Å². The number of aromatic nitrogens is 3. The van der Waals surface area contributed by atoms with Gasteiger partial charge in [0.05, 0.1) is 20.4 Å². The van der Waals surface area contributed by atoms with Crippen molar-refractivity contribution in [2.45, 2.75) is 6.54 Å². The average Bonchev–Trinajstić information content (AvgIpc) is 2.78. The minimum Gasteiger partial charge on any atom is -0.493 e. The molecule has 0 saturated heterocycles. The fourth-order valence-corrected chi connectivity index (χ4v) is 2.57. The summed E-state index contributed by atoms with van der Waals surface area (Å²) in [5.41, 5.74) is 4.83. The van der Waals surface area contributed by atoms with Crippen molar-refractivity contribution in [3.63, 3.8) is 0 Å². The number of nitrogens with zero attached hydrogens (tertiary/aromatic N) is 5. The lowest BCUT2D eigenvalue weighted by Crippen LogP contribution is -2.16. The Bertz CT molecular complexity index is 994. The number of rotatable bonds is 9. The monoisotopic (exact) mass is 407 g/mol. The summed E-state index contributed by atoms with van der Waals surface area (Å²) >= 11 is 0. The quantitative estimate of drug-likeness (QED) is 0.413. The van der Waals surface area contributed by atoms with E-state index in [1.165, 1.54) is 0 Å². The normalized spacial score (nSPS) is 10.7. The molecule has 2 aromatic carbocycles. The predicted molar refractivity (Wildman–Crippen MR) is 119 cm³/mol. The van der Waals surface area contributed by atoms with E-state index in [9.17, 15) is 0 Å². The Morgan fingerprint density at radius 2 is 1.67 bits per heavy atom. The molecule has 2 N–H and O–H groups in total. The van der Waals surface area contributed by atoms with E-state index in [1.54, 1.807) is 25.3 Å². The van der Waals surface area contributed by atoms with Crippen LogP contribution in [0.15, 0.2) is 53.6 Å². The van der Waals surface area contributed by atoms with Crippen molar-refractivity contribution in [3.8, 4) is 11.5 Å². The molecular formula is C21H25N7O2. The topological polar surface area (TPSA) is 96.8 Å². The van der Waals surface area contributed by atoms with Crippen molar-refractivity contribution in [2.24, 2.45) is 5.10 Å². The summed E-state index contributed by atoms with van der Waals surface area (Å²) in [5.74, 6) is 2.60. The summed E-state index contributed by atoms with van der Waals surface area (Å²) in [4.78, 5) is 15.0. The van der Waals surface area contributed by atoms with Crippen molar-refractivity contribution < 1.29 is 9.47 Å². The first-order chi connectivity index (χ1) is 14.6. The van der Waals surface area contributed by atoms with Crippen LogP contribution >= 0.6 is 0 Å². The van der Waals surface area contributed by atoms with Gasteiger partial charge in [-0.05, 0) is 29.3 Å². The highest BCUT2D eigenvalue weighted by Crippen LogP contribution is 2.26. The molecule has 9 heteroatoms. The zero-order valence-electron chi connectivity index (χ0n) is 17.5. The van der Waals surface area contributed by atoms with Gasteiger partial charge in [-0.3, -0.25) is 0 Å². The molecule has 0 bridgehead atoms. The highest BCUT2D eigenvalue weighted by Gasteiger charge is 2.08. The van der Waals surface area contributed by atoms with Crippen molar-refractivity contribution in [3.05, 3.63) is 59.7 Å². The second-order valence-electron chi connectivity index (χ2n) is 6.50. The molecule has 3 aromatic rings. The molecule has 0 radical (unpaired) electrons. The number of nitrogens with one attached hydrogen (secondary N) is 2. The van der Waals surface area contributed by atoms with Gasteiger partial charge >= 0.3 is 0 Å². The van der Waals surface area contributed by atoms with Gasteiger partial charge in [-0.25, -0.2) is 5.43 Å². The summed E-state index contributed by atoms with van der Waals surface area (Å²) in [6.45, 7) is 0.603. The number of anilines is 3. The van der Waals surface area contributed by atoms with Gasteiger partial charge in [-0.15, -0.1) is 0 Å². The molecule has 0 fully saturated rings. The smallest absolute Gasteiger partial charge is 0.250 e. The summed E-state index contributed by atoms with van der Waals surface area (Å²) in [6, 6.07) is 15.6. The number of benzene rings is 2. The Labute approximate surface area is 175 Å². The largest absolute Gasteiger partial charge is 0.493 e. The highest BCUT2D eigenvalue weighted by atomic mass is 16.5. The molecule has 3 rings (SSSR count). The first-order valence-electron chi connectivity index (χ1n) is 9.31. The maximum atomic E-state index is 5.31. The molecule has 0 aliphatic carbocycles. The Kier molecular flexibility index (Phi) is 6.99. The van der Waals surface area contributed by atoms with E-state index >= 15 is 0 Å². The maximum Gasteiger partial charge on any atom is 0.250 e. The van der Waals surface area contributed by atoms with E-state index in [1.807, 2.05) is 62.6 Å². The predicted octanol–water partition coefficient (Wildman–Crippen LogP) is 3.01. The Morgan fingerprint density at radius 3 is 2.37 bits per heavy atom. The molecule has 0 saturated carbocycles. The standard InChI is InChI=1S/C21H25N7O2/c1-28(2)21-25-19(22-13-15-8-6-5-7-9-15)24-20(26-21)27-23-14-16-10-11-17(29-3)18(12-16)30-4/h5-12,14H,13H2,1-4H3,(H2,22,24,25,26,27)/b23-14+. The van der Waals surface area contributed by atoms with Crippen LogP contribution in [0.3, 0.4) is 0 Å². The van der Waals surface area contributed by atoms with Gasteiger partial charge < -0.3 is 19.7 Å². The molecule has 0 aliphatic heterocycles. The average molecular weight is 407 g/mol. The fraction of sp³-hybridized carbons (Fsp3) is 0.238. The molecule has 0 unspecified atom stereocenters. The van der Waals surface area contributed by atoms with Crippen molar-refractivity contribution in [1.82, 2.24) is 15.0 Å². The van der Waals surface area contributed by atoms with Crippen LogP contribution in [0.2, 0.25) is 0 Å². The van der Waals surface area contributed by atoms with Crippen molar-refractivity contribution in [1.29, 1.82) is 0 Å². The Balaban J connectivity index is 1.73. The van der Waals surface area contributed by atoms with Crippen LogP contribution in [-0.4, -0.2) is 49.5 Å². The summed E-state index contributed by atoms with van der Waals surface area (Å²) in [7, 11) is 6.92. The number of methoxy groups -OCH3 is 2. The lowest BCUT2D eigenvalue weighted by atomic mass is 10.2. The lowest BCUT2D eigenvalue weighted by molar-refractivity contribution is 0.355. The van der Waals surface area contributed by atoms with Gasteiger partial charge in [0.25, 0.3) is 0 Å². The van der Waals surface area contributed by atoms with E-state index in [0.717, 1.165) is 11.1 Å². The minimum atomic E-state index is 0.334. The number of ether oxygens (including phenoxy) is 2. The lowest BCUT2D eigenvalue weighted by Gasteiger charge is -2.13. The van der Waals surface area contributed by atoms with Gasteiger partial charge in [-0.1, -0.05) is 30.3 Å². The van der Waals surface area contributed by atoms with Gasteiger partial charge in [0, 0.05) is 20.6 Å². The zero-order chi connectivity index (χ0) is 21.3. The van der Waals surface area contributed by atoms with Gasteiger partial charge in [0.15, 0.2) is 11.5 Å². The second-order valence-corrected chi connectivity index (χ2v) is 6.50. The molecule has 9 nitrogen and oxygen atoms in total. The van der Waals surface area contributed by atoms with E-state index in [2.05, 4.69) is 30.8 Å². The van der Waals surface area contributed by atoms with E-state index in [-0.39, 0.29) is 0 Å². The molecular weight excluding hydrogens is 382 g/mol. The number of hydrogen-bond acceptors (Lipinski definition) is 9. The van der Waals surface area contributed by atoms with Crippen LogP contribution in [0.4, 0.5) is 17.8 Å². The van der Waals surface area contributed by atoms with Crippen molar-refractivity contribution in [2.75, 3.05) is 44.0 Å². The van der Waals surface area contributed by atoms with E-state index in [0.29, 0.717) is 35.9 Å². The third-order valence-electron chi connectivity index (χ3n) is 4.10. The highest BCUT2D eigenvalue weighted by molar-refractivity contribution is 5.81. The van der Waals surface area contributed by atoms with Crippen LogP contribution in [0.25, 0.3) is 0 Å². The third-order valence-corrected chi connectivity index (χ3v) is 4.10. The summed E-state index contributed by atoms with van der Waals surface area (Å²) < 4.78 is 10.6. The molecule has 1 aromatic heterocycles. The second kappa shape index (κ2) is 10.1. The summed E-state index contributed by atoms with van der Waals surface area (Å²) in [6.07, 6.45) is 1.65. The third kappa shape index (κ3) is 5.57. The summed E-state index contributed by atoms with van der Waals surface area (Å²) in [5, 5.41) is 7.45. The first kappa shape index (κ1) is 20.8. The van der Waals surface area contributed by atoms with Gasteiger partial charge in [0.1, 0.15) is 0 Å². The van der Waals surface area contributed by atoms with Crippen LogP contribution in [0.5, 0.6) is 11.5 Å². The van der Waals surface area contributed by atoms with E-state index < -0.39 is 0 Å². The van der Waals surface area contributed by atoms with Gasteiger partial charge in [0.2, 0.25) is 17.8 Å². The molecule has 0 aliphatic rings. The number of hydrazone groups is 1. The minimum absolute atomic E-state index is 0.334. The fourth-order valence-electron chi connectivity index (χ4n) is 2.57. The van der Waals surface area contributed by atoms with E-state index in [4.69, 9.17) is 9.47 Å². The van der Waals surface area contributed by atoms with Crippen LogP contribution in [0, 0.1) is 0 Å². The van der Waals surface area contributed by atoms with Crippen LogP contribution in [-0.2, 0) is 6.54 Å². The van der Waals surface area contributed by atoms with Gasteiger partial charge in [-0.2, -0.15) is 20.1 Å². The first-order valence-corrected chi connectivity index (χ1v) is 9.31. The Hall–Kier alpha value is -3.88. The zero-order valence-corrected chi connectivity index (χ0v) is 17.5. The maximum absolute atomic E-state index is 5.31. The molecule has 0 amide bonds.